The van der Waals surface area contributed by atoms with Crippen LogP contribution in [0.2, 0.25) is 0 Å². The van der Waals surface area contributed by atoms with Gasteiger partial charge in [0, 0.05) is 18.3 Å². The highest BCUT2D eigenvalue weighted by Crippen LogP contribution is 2.20. The fourth-order valence-electron chi connectivity index (χ4n) is 2.78. The van der Waals surface area contributed by atoms with Crippen molar-refractivity contribution in [3.05, 3.63) is 29.3 Å². The molecule has 4 heteroatoms. The fraction of sp³-hybridized carbons (Fsp3) is 0.611. The van der Waals surface area contributed by atoms with Crippen LogP contribution in [-0.2, 0) is 4.79 Å². The Labute approximate surface area is 138 Å². The summed E-state index contributed by atoms with van der Waals surface area (Å²) in [4.78, 5) is 14.2. The van der Waals surface area contributed by atoms with E-state index in [0.717, 1.165) is 36.5 Å². The van der Waals surface area contributed by atoms with Crippen molar-refractivity contribution in [2.75, 3.05) is 24.7 Å². The Balaban J connectivity index is 1.66. The third kappa shape index (κ3) is 4.94. The van der Waals surface area contributed by atoms with Crippen LogP contribution in [0.1, 0.15) is 37.3 Å². The molecule has 1 amide bonds. The Bertz CT molecular complexity index is 504. The first-order valence-corrected chi connectivity index (χ1v) is 9.30. The van der Waals surface area contributed by atoms with E-state index in [1.54, 1.807) is 11.8 Å². The summed E-state index contributed by atoms with van der Waals surface area (Å²) in [6, 6.07) is 6.66. The highest BCUT2D eigenvalue weighted by Gasteiger charge is 2.22. The van der Waals surface area contributed by atoms with E-state index >= 15 is 0 Å². The molecule has 0 spiro atoms. The first kappa shape index (κ1) is 17.2. The summed E-state index contributed by atoms with van der Waals surface area (Å²) in [6.07, 6.45) is 3.55. The number of hydrogen-bond acceptors (Lipinski definition) is 3. The SMILES string of the molecule is Cc1ccc(C)c(OCCSCC(=O)N2CCCCC2C)c1. The van der Waals surface area contributed by atoms with Gasteiger partial charge in [0.1, 0.15) is 5.75 Å². The van der Waals surface area contributed by atoms with Crippen molar-refractivity contribution in [2.45, 2.75) is 46.1 Å². The maximum Gasteiger partial charge on any atom is 0.232 e. The van der Waals surface area contributed by atoms with Crippen LogP contribution in [0, 0.1) is 13.8 Å². The average molecular weight is 321 g/mol. The van der Waals surface area contributed by atoms with E-state index in [2.05, 4.69) is 39.0 Å². The molecule has 22 heavy (non-hydrogen) atoms. The molecule has 1 unspecified atom stereocenters. The number of amides is 1. The average Bonchev–Trinajstić information content (AvgIpc) is 2.50. The largest absolute Gasteiger partial charge is 0.492 e. The summed E-state index contributed by atoms with van der Waals surface area (Å²) >= 11 is 1.67. The predicted octanol–water partition coefficient (Wildman–Crippen LogP) is 3.82. The molecule has 1 saturated heterocycles. The first-order valence-electron chi connectivity index (χ1n) is 8.15. The van der Waals surface area contributed by atoms with Gasteiger partial charge in [0.15, 0.2) is 0 Å². The molecule has 0 bridgehead atoms. The second kappa shape index (κ2) is 8.47. The maximum absolute atomic E-state index is 12.2. The minimum absolute atomic E-state index is 0.281. The van der Waals surface area contributed by atoms with Gasteiger partial charge in [-0.15, -0.1) is 11.8 Å². The zero-order valence-electron chi connectivity index (χ0n) is 13.9. The van der Waals surface area contributed by atoms with Gasteiger partial charge in [-0.25, -0.2) is 0 Å². The summed E-state index contributed by atoms with van der Waals surface area (Å²) in [6.45, 7) is 7.87. The van der Waals surface area contributed by atoms with Gasteiger partial charge in [-0.1, -0.05) is 12.1 Å². The second-order valence-electron chi connectivity index (χ2n) is 6.10. The van der Waals surface area contributed by atoms with Crippen LogP contribution in [0.25, 0.3) is 0 Å². The lowest BCUT2D eigenvalue weighted by Crippen LogP contribution is -2.43. The quantitative estimate of drug-likeness (QED) is 0.746. The van der Waals surface area contributed by atoms with Crippen molar-refractivity contribution in [3.8, 4) is 5.75 Å². The molecule has 1 aliphatic rings. The number of rotatable bonds is 6. The van der Waals surface area contributed by atoms with E-state index in [1.165, 1.54) is 12.0 Å². The van der Waals surface area contributed by atoms with Crippen LogP contribution in [0.5, 0.6) is 5.75 Å². The van der Waals surface area contributed by atoms with Crippen LogP contribution in [-0.4, -0.2) is 41.5 Å². The number of hydrogen-bond donors (Lipinski definition) is 0. The van der Waals surface area contributed by atoms with E-state index in [1.807, 2.05) is 4.90 Å². The van der Waals surface area contributed by atoms with Crippen molar-refractivity contribution < 1.29 is 9.53 Å². The minimum atomic E-state index is 0.281. The van der Waals surface area contributed by atoms with Gasteiger partial charge in [0.2, 0.25) is 5.91 Å². The monoisotopic (exact) mass is 321 g/mol. The fourth-order valence-corrected chi connectivity index (χ4v) is 3.47. The number of carbonyl (C=O) groups is 1. The number of piperidine rings is 1. The number of aryl methyl sites for hydroxylation is 2. The molecule has 0 aliphatic carbocycles. The van der Waals surface area contributed by atoms with Gasteiger partial charge in [0.05, 0.1) is 12.4 Å². The van der Waals surface area contributed by atoms with Crippen LogP contribution in [0.4, 0.5) is 0 Å². The molecule has 1 aromatic carbocycles. The number of benzene rings is 1. The zero-order chi connectivity index (χ0) is 15.9. The second-order valence-corrected chi connectivity index (χ2v) is 7.21. The third-order valence-electron chi connectivity index (χ3n) is 4.18. The predicted molar refractivity (Wildman–Crippen MR) is 93.8 cm³/mol. The lowest BCUT2D eigenvalue weighted by Gasteiger charge is -2.33. The van der Waals surface area contributed by atoms with Gasteiger partial charge in [0.25, 0.3) is 0 Å². The minimum Gasteiger partial charge on any atom is -0.492 e. The molecule has 2 rings (SSSR count). The van der Waals surface area contributed by atoms with Crippen molar-refractivity contribution in [2.24, 2.45) is 0 Å². The number of likely N-dealkylation sites (tertiary alicyclic amines) is 1. The highest BCUT2D eigenvalue weighted by molar-refractivity contribution is 7.99. The molecular weight excluding hydrogens is 294 g/mol. The van der Waals surface area contributed by atoms with Crippen molar-refractivity contribution in [1.29, 1.82) is 0 Å². The normalized spacial score (nSPS) is 18.3. The van der Waals surface area contributed by atoms with Gasteiger partial charge in [-0.3, -0.25) is 4.79 Å². The Kier molecular flexibility index (Phi) is 6.62. The zero-order valence-corrected chi connectivity index (χ0v) is 14.7. The molecule has 0 N–H and O–H groups in total. The van der Waals surface area contributed by atoms with Crippen LogP contribution in [0.15, 0.2) is 18.2 Å². The Morgan fingerprint density at radius 1 is 1.36 bits per heavy atom. The van der Waals surface area contributed by atoms with Gasteiger partial charge in [-0.2, -0.15) is 0 Å². The highest BCUT2D eigenvalue weighted by atomic mass is 32.2. The number of carbonyl (C=O) groups excluding carboxylic acids is 1. The Morgan fingerprint density at radius 2 is 2.18 bits per heavy atom. The van der Waals surface area contributed by atoms with Crippen molar-refractivity contribution in [1.82, 2.24) is 4.90 Å². The molecule has 1 aromatic rings. The standard InChI is InChI=1S/C18H27NO2S/c1-14-7-8-15(2)17(12-14)21-10-11-22-13-18(20)19-9-5-4-6-16(19)3/h7-8,12,16H,4-6,9-11,13H2,1-3H3. The van der Waals surface area contributed by atoms with Crippen LogP contribution in [0.3, 0.4) is 0 Å². The molecule has 122 valence electrons. The van der Waals surface area contributed by atoms with Crippen LogP contribution < -0.4 is 4.74 Å². The maximum atomic E-state index is 12.2. The summed E-state index contributed by atoms with van der Waals surface area (Å²) in [7, 11) is 0. The molecular formula is C18H27NO2S. The Hall–Kier alpha value is -1.16. The topological polar surface area (TPSA) is 29.5 Å². The van der Waals surface area contributed by atoms with Gasteiger partial charge >= 0.3 is 0 Å². The molecule has 0 radical (unpaired) electrons. The smallest absolute Gasteiger partial charge is 0.232 e. The van der Waals surface area contributed by atoms with Gasteiger partial charge in [-0.05, 0) is 57.2 Å². The molecule has 3 nitrogen and oxygen atoms in total. The number of thioether (sulfide) groups is 1. The van der Waals surface area contributed by atoms with Crippen molar-refractivity contribution >= 4 is 17.7 Å². The van der Waals surface area contributed by atoms with E-state index in [0.29, 0.717) is 18.4 Å². The summed E-state index contributed by atoms with van der Waals surface area (Å²) in [5.41, 5.74) is 2.37. The van der Waals surface area contributed by atoms with Crippen molar-refractivity contribution in [3.63, 3.8) is 0 Å². The van der Waals surface area contributed by atoms with E-state index in [-0.39, 0.29) is 5.91 Å². The summed E-state index contributed by atoms with van der Waals surface area (Å²) in [5.74, 6) is 2.66. The lowest BCUT2D eigenvalue weighted by molar-refractivity contribution is -0.131. The lowest BCUT2D eigenvalue weighted by atomic mass is 10.0. The molecule has 1 aliphatic heterocycles. The molecule has 1 fully saturated rings. The molecule has 0 aromatic heterocycles. The van der Waals surface area contributed by atoms with Crippen LogP contribution >= 0.6 is 11.8 Å². The Morgan fingerprint density at radius 3 is 2.95 bits per heavy atom. The van der Waals surface area contributed by atoms with E-state index in [4.69, 9.17) is 4.74 Å². The number of ether oxygens (including phenoxy) is 1. The van der Waals surface area contributed by atoms with E-state index in [9.17, 15) is 4.79 Å². The molecule has 1 atom stereocenters. The molecule has 1 heterocycles. The van der Waals surface area contributed by atoms with Gasteiger partial charge < -0.3 is 9.64 Å². The van der Waals surface area contributed by atoms with E-state index < -0.39 is 0 Å². The summed E-state index contributed by atoms with van der Waals surface area (Å²) in [5, 5.41) is 0. The molecule has 0 saturated carbocycles. The third-order valence-corrected chi connectivity index (χ3v) is 5.08. The first-order chi connectivity index (χ1) is 10.6. The number of nitrogens with zero attached hydrogens (tertiary/aromatic N) is 1. The summed E-state index contributed by atoms with van der Waals surface area (Å²) < 4.78 is 5.82.